The van der Waals surface area contributed by atoms with E-state index in [0.717, 1.165) is 11.0 Å². The van der Waals surface area contributed by atoms with Gasteiger partial charge in [-0.15, -0.1) is 0 Å². The summed E-state index contributed by atoms with van der Waals surface area (Å²) in [5.74, 6) is 0. The highest BCUT2D eigenvalue weighted by atomic mass is 16.5. The Morgan fingerprint density at radius 2 is 1.71 bits per heavy atom. The molecule has 0 aliphatic carbocycles. The second-order valence-corrected chi connectivity index (χ2v) is 4.91. The van der Waals surface area contributed by atoms with E-state index in [1.807, 2.05) is 13.8 Å². The number of methoxy groups -OCH3 is 1. The van der Waals surface area contributed by atoms with E-state index in [2.05, 4.69) is 21.1 Å². The van der Waals surface area contributed by atoms with Crippen LogP contribution in [0.4, 0.5) is 0 Å². The lowest BCUT2D eigenvalue weighted by molar-refractivity contribution is -0.870. The van der Waals surface area contributed by atoms with Crippen LogP contribution in [0.25, 0.3) is 0 Å². The lowest BCUT2D eigenvalue weighted by atomic mass is 10.1. The maximum Gasteiger partial charge on any atom is 0.101 e. The minimum Gasteiger partial charge on any atom is -0.391 e. The maximum absolute atomic E-state index is 8.39. The van der Waals surface area contributed by atoms with Crippen molar-refractivity contribution in [3.63, 3.8) is 0 Å². The van der Waals surface area contributed by atoms with Gasteiger partial charge in [0.25, 0.3) is 0 Å². The molecule has 88 valence electrons. The molecule has 0 saturated heterocycles. The molecule has 0 heterocycles. The van der Waals surface area contributed by atoms with Gasteiger partial charge in [-0.2, -0.15) is 0 Å². The number of hydrogen-bond acceptors (Lipinski definition) is 3. The van der Waals surface area contributed by atoms with E-state index in [9.17, 15) is 0 Å². The molecule has 0 aliphatic heterocycles. The SMILES string of the molecule is COC(C)(C)CN.C[N+](C)(C)CCO. The Kier molecular flexibility index (Phi) is 8.34. The summed E-state index contributed by atoms with van der Waals surface area (Å²) in [5.41, 5.74) is 5.15. The second-order valence-electron chi connectivity index (χ2n) is 4.91. The van der Waals surface area contributed by atoms with Crippen LogP contribution in [-0.2, 0) is 4.74 Å². The molecule has 0 aromatic carbocycles. The molecule has 0 aromatic rings. The summed E-state index contributed by atoms with van der Waals surface area (Å²) in [4.78, 5) is 0. The fraction of sp³-hybridized carbons (Fsp3) is 1.00. The predicted octanol–water partition coefficient (Wildman–Crippen LogP) is 0.0550. The third kappa shape index (κ3) is 14.4. The fourth-order valence-electron chi connectivity index (χ4n) is 0.383. The molecule has 4 heteroatoms. The summed E-state index contributed by atoms with van der Waals surface area (Å²) >= 11 is 0. The predicted molar refractivity (Wildman–Crippen MR) is 60.1 cm³/mol. The topological polar surface area (TPSA) is 55.5 Å². The van der Waals surface area contributed by atoms with Crippen molar-refractivity contribution in [3.05, 3.63) is 0 Å². The maximum atomic E-state index is 8.39. The molecule has 0 radical (unpaired) electrons. The monoisotopic (exact) mass is 207 g/mol. The number of quaternary nitrogens is 1. The highest BCUT2D eigenvalue weighted by Gasteiger charge is 2.11. The number of nitrogens with zero attached hydrogens (tertiary/aromatic N) is 1. The Hall–Kier alpha value is -0.160. The average Bonchev–Trinajstić information content (AvgIpc) is 2.04. The normalized spacial score (nSPS) is 12.0. The third-order valence-corrected chi connectivity index (χ3v) is 1.81. The minimum absolute atomic E-state index is 0.139. The molecule has 0 unspecified atom stereocenters. The van der Waals surface area contributed by atoms with Gasteiger partial charge in [0.15, 0.2) is 0 Å². The number of nitrogens with two attached hydrogens (primary N) is 1. The molecule has 14 heavy (non-hydrogen) atoms. The number of ether oxygens (including phenoxy) is 1. The van der Waals surface area contributed by atoms with Crippen molar-refractivity contribution in [1.82, 2.24) is 0 Å². The van der Waals surface area contributed by atoms with E-state index in [0.29, 0.717) is 6.54 Å². The molecule has 0 fully saturated rings. The summed E-state index contributed by atoms with van der Waals surface area (Å²) < 4.78 is 5.81. The summed E-state index contributed by atoms with van der Waals surface area (Å²) in [5, 5.41) is 8.39. The van der Waals surface area contributed by atoms with E-state index in [4.69, 9.17) is 15.6 Å². The Morgan fingerprint density at radius 3 is 1.71 bits per heavy atom. The van der Waals surface area contributed by atoms with Crippen molar-refractivity contribution in [2.24, 2.45) is 5.73 Å². The molecule has 0 rings (SSSR count). The summed E-state index contributed by atoms with van der Waals surface area (Å²) in [7, 11) is 7.82. The van der Waals surface area contributed by atoms with Crippen LogP contribution >= 0.6 is 0 Å². The van der Waals surface area contributed by atoms with Crippen LogP contribution in [0.1, 0.15) is 13.8 Å². The van der Waals surface area contributed by atoms with Crippen LogP contribution in [0.2, 0.25) is 0 Å². The van der Waals surface area contributed by atoms with E-state index >= 15 is 0 Å². The van der Waals surface area contributed by atoms with Gasteiger partial charge in [0.05, 0.1) is 33.4 Å². The molecule has 0 bridgehead atoms. The van der Waals surface area contributed by atoms with Gasteiger partial charge in [0, 0.05) is 13.7 Å². The lowest BCUT2D eigenvalue weighted by Crippen LogP contribution is -2.36. The first-order valence-corrected chi connectivity index (χ1v) is 4.85. The van der Waals surface area contributed by atoms with Crippen molar-refractivity contribution in [1.29, 1.82) is 0 Å². The van der Waals surface area contributed by atoms with Crippen LogP contribution in [0.15, 0.2) is 0 Å². The molecular weight excluding hydrogens is 180 g/mol. The number of aliphatic hydroxyl groups is 1. The van der Waals surface area contributed by atoms with Gasteiger partial charge < -0.3 is 20.1 Å². The lowest BCUT2D eigenvalue weighted by Gasteiger charge is -2.21. The molecule has 0 aliphatic rings. The van der Waals surface area contributed by atoms with Gasteiger partial charge in [-0.25, -0.2) is 0 Å². The van der Waals surface area contributed by atoms with Crippen LogP contribution in [0, 0.1) is 0 Å². The van der Waals surface area contributed by atoms with E-state index in [1.165, 1.54) is 0 Å². The van der Waals surface area contributed by atoms with Crippen molar-refractivity contribution < 1.29 is 14.3 Å². The minimum atomic E-state index is -0.139. The van der Waals surface area contributed by atoms with Gasteiger partial charge in [0.2, 0.25) is 0 Å². The van der Waals surface area contributed by atoms with Crippen LogP contribution in [-0.4, -0.2) is 63.1 Å². The number of likely N-dealkylation sites (N-methyl/N-ethyl adjacent to an activating group) is 1. The Labute approximate surface area is 88.2 Å². The molecule has 0 saturated carbocycles. The van der Waals surface area contributed by atoms with Crippen LogP contribution in [0.3, 0.4) is 0 Å². The van der Waals surface area contributed by atoms with Gasteiger partial charge >= 0.3 is 0 Å². The standard InChI is InChI=1S/C5H14NO.C5H13NO/c1-6(2,3)4-5-7;1-5(2,4-6)7-3/h7H,4-5H2,1-3H3;4,6H2,1-3H3/q+1;. The van der Waals surface area contributed by atoms with Crippen LogP contribution < -0.4 is 5.73 Å². The van der Waals surface area contributed by atoms with Gasteiger partial charge in [-0.1, -0.05) is 0 Å². The van der Waals surface area contributed by atoms with Gasteiger partial charge in [-0.3, -0.25) is 0 Å². The van der Waals surface area contributed by atoms with E-state index in [-0.39, 0.29) is 12.2 Å². The quantitative estimate of drug-likeness (QED) is 0.641. The van der Waals surface area contributed by atoms with Crippen molar-refractivity contribution in [3.8, 4) is 0 Å². The van der Waals surface area contributed by atoms with E-state index < -0.39 is 0 Å². The molecule has 0 aromatic heterocycles. The summed E-state index contributed by atoms with van der Waals surface area (Å²) in [6.07, 6.45) is 0. The van der Waals surface area contributed by atoms with Gasteiger partial charge in [-0.05, 0) is 13.8 Å². The Bertz CT molecular complexity index is 125. The smallest absolute Gasteiger partial charge is 0.101 e. The Morgan fingerprint density at radius 1 is 1.29 bits per heavy atom. The number of hydrogen-bond donors (Lipinski definition) is 2. The average molecular weight is 207 g/mol. The molecule has 0 atom stereocenters. The second kappa shape index (κ2) is 7.17. The van der Waals surface area contributed by atoms with Crippen LogP contribution in [0.5, 0.6) is 0 Å². The number of aliphatic hydroxyl groups excluding tert-OH is 1. The van der Waals surface area contributed by atoms with Gasteiger partial charge in [0.1, 0.15) is 6.54 Å². The van der Waals surface area contributed by atoms with Crippen molar-refractivity contribution >= 4 is 0 Å². The highest BCUT2D eigenvalue weighted by molar-refractivity contribution is 4.66. The zero-order chi connectivity index (χ0) is 11.8. The highest BCUT2D eigenvalue weighted by Crippen LogP contribution is 2.01. The first-order chi connectivity index (χ1) is 6.18. The first-order valence-electron chi connectivity index (χ1n) is 4.85. The van der Waals surface area contributed by atoms with Crippen molar-refractivity contribution in [2.45, 2.75) is 19.4 Å². The fourth-order valence-corrected chi connectivity index (χ4v) is 0.383. The zero-order valence-electron chi connectivity index (χ0n) is 10.5. The molecule has 0 spiro atoms. The largest absolute Gasteiger partial charge is 0.391 e. The molecule has 4 nitrogen and oxygen atoms in total. The third-order valence-electron chi connectivity index (χ3n) is 1.81. The summed E-state index contributed by atoms with van der Waals surface area (Å²) in [6, 6.07) is 0. The Balaban J connectivity index is 0. The molecular formula is C10H27N2O2+. The summed E-state index contributed by atoms with van der Waals surface area (Å²) in [6.45, 7) is 5.59. The zero-order valence-corrected chi connectivity index (χ0v) is 10.5. The first kappa shape index (κ1) is 16.3. The molecule has 0 amide bonds. The number of rotatable bonds is 4. The van der Waals surface area contributed by atoms with Crippen molar-refractivity contribution in [2.75, 3.05) is 47.9 Å². The molecule has 3 N–H and O–H groups in total. The van der Waals surface area contributed by atoms with E-state index in [1.54, 1.807) is 7.11 Å².